The number of nitrogens with one attached hydrogen (secondary N) is 2. The molecule has 0 bridgehead atoms. The van der Waals surface area contributed by atoms with Crippen molar-refractivity contribution < 1.29 is 9.53 Å². The predicted molar refractivity (Wildman–Crippen MR) is 91.2 cm³/mol. The Morgan fingerprint density at radius 2 is 2.04 bits per heavy atom. The molecule has 2 saturated heterocycles. The van der Waals surface area contributed by atoms with E-state index in [2.05, 4.69) is 41.8 Å². The number of hydrogen-bond acceptors (Lipinski definition) is 3. The van der Waals surface area contributed by atoms with Crippen LogP contribution in [-0.2, 0) is 9.53 Å². The number of carbonyl (C=O) groups is 1. The van der Waals surface area contributed by atoms with Crippen LogP contribution in [0.3, 0.4) is 0 Å². The first-order valence-corrected chi connectivity index (χ1v) is 8.93. The molecular formula is C19H28N2O2. The minimum absolute atomic E-state index is 0.00826. The van der Waals surface area contributed by atoms with Crippen LogP contribution >= 0.6 is 0 Å². The van der Waals surface area contributed by atoms with Gasteiger partial charge < -0.3 is 15.4 Å². The molecule has 4 nitrogen and oxygen atoms in total. The lowest BCUT2D eigenvalue weighted by atomic mass is 9.89. The summed E-state index contributed by atoms with van der Waals surface area (Å²) < 4.78 is 6.03. The van der Waals surface area contributed by atoms with Crippen LogP contribution in [0.25, 0.3) is 0 Å². The van der Waals surface area contributed by atoms with Crippen molar-refractivity contribution in [3.8, 4) is 0 Å². The van der Waals surface area contributed by atoms with E-state index in [1.807, 2.05) is 0 Å². The first-order chi connectivity index (χ1) is 11.2. The number of rotatable bonds is 4. The van der Waals surface area contributed by atoms with E-state index < -0.39 is 0 Å². The van der Waals surface area contributed by atoms with Crippen LogP contribution in [0, 0.1) is 12.8 Å². The lowest BCUT2D eigenvalue weighted by Crippen LogP contribution is -2.48. The second-order valence-corrected chi connectivity index (χ2v) is 6.85. The third-order valence-electron chi connectivity index (χ3n) is 5.02. The summed E-state index contributed by atoms with van der Waals surface area (Å²) >= 11 is 0. The van der Waals surface area contributed by atoms with Gasteiger partial charge in [-0.3, -0.25) is 4.79 Å². The summed E-state index contributed by atoms with van der Waals surface area (Å²) in [7, 11) is 0. The molecule has 2 heterocycles. The van der Waals surface area contributed by atoms with Gasteiger partial charge in [-0.05, 0) is 44.7 Å². The molecular weight excluding hydrogens is 288 g/mol. The molecule has 1 amide bonds. The molecule has 0 aromatic heterocycles. The SMILES string of the molecule is Cc1ccc(C2OCCCC2CNC(=O)C2CCCCN2)cc1. The minimum atomic E-state index is -0.00826. The van der Waals surface area contributed by atoms with Crippen molar-refractivity contribution in [2.75, 3.05) is 19.7 Å². The molecule has 3 unspecified atom stereocenters. The van der Waals surface area contributed by atoms with E-state index in [1.54, 1.807) is 0 Å². The Balaban J connectivity index is 1.58. The van der Waals surface area contributed by atoms with Crippen LogP contribution in [0.5, 0.6) is 0 Å². The molecule has 2 N–H and O–H groups in total. The fourth-order valence-corrected chi connectivity index (χ4v) is 3.61. The van der Waals surface area contributed by atoms with Gasteiger partial charge in [0.05, 0.1) is 12.1 Å². The maximum absolute atomic E-state index is 12.3. The van der Waals surface area contributed by atoms with E-state index in [9.17, 15) is 4.79 Å². The third-order valence-corrected chi connectivity index (χ3v) is 5.02. The Morgan fingerprint density at radius 3 is 2.78 bits per heavy atom. The van der Waals surface area contributed by atoms with E-state index >= 15 is 0 Å². The van der Waals surface area contributed by atoms with Crippen molar-refractivity contribution in [2.45, 2.75) is 51.2 Å². The summed E-state index contributed by atoms with van der Waals surface area (Å²) in [4.78, 5) is 12.3. The topological polar surface area (TPSA) is 50.4 Å². The number of carbonyl (C=O) groups excluding carboxylic acids is 1. The number of aryl methyl sites for hydroxylation is 1. The van der Waals surface area contributed by atoms with Gasteiger partial charge in [0.25, 0.3) is 0 Å². The average molecular weight is 316 g/mol. The quantitative estimate of drug-likeness (QED) is 0.898. The molecule has 23 heavy (non-hydrogen) atoms. The van der Waals surface area contributed by atoms with Crippen molar-refractivity contribution in [3.05, 3.63) is 35.4 Å². The number of amides is 1. The highest BCUT2D eigenvalue weighted by atomic mass is 16.5. The summed E-state index contributed by atoms with van der Waals surface area (Å²) in [5.74, 6) is 0.511. The third kappa shape index (κ3) is 4.33. The van der Waals surface area contributed by atoms with E-state index in [0.717, 1.165) is 38.8 Å². The van der Waals surface area contributed by atoms with Crippen LogP contribution in [0.1, 0.15) is 49.3 Å². The molecule has 4 heteroatoms. The van der Waals surface area contributed by atoms with Crippen LogP contribution in [0.2, 0.25) is 0 Å². The molecule has 1 aromatic carbocycles. The summed E-state index contributed by atoms with van der Waals surface area (Å²) in [5.41, 5.74) is 2.49. The Bertz CT molecular complexity index is 509. The van der Waals surface area contributed by atoms with Crippen molar-refractivity contribution in [1.29, 1.82) is 0 Å². The maximum Gasteiger partial charge on any atom is 0.237 e. The molecule has 3 atom stereocenters. The highest BCUT2D eigenvalue weighted by Gasteiger charge is 2.29. The van der Waals surface area contributed by atoms with Gasteiger partial charge in [0.15, 0.2) is 0 Å². The average Bonchev–Trinajstić information content (AvgIpc) is 2.61. The maximum atomic E-state index is 12.3. The largest absolute Gasteiger partial charge is 0.373 e. The van der Waals surface area contributed by atoms with Crippen molar-refractivity contribution in [1.82, 2.24) is 10.6 Å². The van der Waals surface area contributed by atoms with Crippen molar-refractivity contribution in [2.24, 2.45) is 5.92 Å². The van der Waals surface area contributed by atoms with E-state index in [-0.39, 0.29) is 18.1 Å². The van der Waals surface area contributed by atoms with Gasteiger partial charge in [-0.2, -0.15) is 0 Å². The van der Waals surface area contributed by atoms with Crippen LogP contribution in [0.15, 0.2) is 24.3 Å². The van der Waals surface area contributed by atoms with Gasteiger partial charge in [-0.15, -0.1) is 0 Å². The highest BCUT2D eigenvalue weighted by Crippen LogP contribution is 2.33. The van der Waals surface area contributed by atoms with Crippen LogP contribution in [0.4, 0.5) is 0 Å². The van der Waals surface area contributed by atoms with Gasteiger partial charge >= 0.3 is 0 Å². The summed E-state index contributed by atoms with van der Waals surface area (Å²) in [5, 5.41) is 6.46. The number of benzene rings is 1. The Hall–Kier alpha value is -1.39. The number of hydrogen-bond donors (Lipinski definition) is 2. The normalized spacial score (nSPS) is 28.3. The van der Waals surface area contributed by atoms with Gasteiger partial charge in [0.2, 0.25) is 5.91 Å². The first kappa shape index (κ1) is 16.5. The van der Waals surface area contributed by atoms with Crippen LogP contribution in [-0.4, -0.2) is 31.6 Å². The molecule has 1 aromatic rings. The first-order valence-electron chi connectivity index (χ1n) is 8.93. The zero-order valence-electron chi connectivity index (χ0n) is 14.0. The summed E-state index contributed by atoms with van der Waals surface area (Å²) in [6.07, 6.45) is 5.55. The van der Waals surface area contributed by atoms with Gasteiger partial charge in [-0.25, -0.2) is 0 Å². The zero-order valence-corrected chi connectivity index (χ0v) is 14.0. The minimum Gasteiger partial charge on any atom is -0.373 e. The summed E-state index contributed by atoms with van der Waals surface area (Å²) in [6.45, 7) is 4.57. The molecule has 0 spiro atoms. The number of piperidine rings is 1. The fourth-order valence-electron chi connectivity index (χ4n) is 3.61. The van der Waals surface area contributed by atoms with Crippen LogP contribution < -0.4 is 10.6 Å². The molecule has 3 rings (SSSR count). The van der Waals surface area contributed by atoms with Gasteiger partial charge in [-0.1, -0.05) is 36.2 Å². The standard InChI is InChI=1S/C19H28N2O2/c1-14-7-9-15(10-8-14)18-16(5-4-12-23-18)13-21-19(22)17-6-2-3-11-20-17/h7-10,16-18,20H,2-6,11-13H2,1H3,(H,21,22). The van der Waals surface area contributed by atoms with Gasteiger partial charge in [0, 0.05) is 19.1 Å². The molecule has 2 fully saturated rings. The van der Waals surface area contributed by atoms with Crippen molar-refractivity contribution in [3.63, 3.8) is 0 Å². The predicted octanol–water partition coefficient (Wildman–Crippen LogP) is 2.72. The molecule has 126 valence electrons. The summed E-state index contributed by atoms with van der Waals surface area (Å²) in [6, 6.07) is 8.57. The second kappa shape index (κ2) is 7.93. The van der Waals surface area contributed by atoms with E-state index in [4.69, 9.17) is 4.74 Å². The highest BCUT2D eigenvalue weighted by molar-refractivity contribution is 5.81. The van der Waals surface area contributed by atoms with E-state index in [0.29, 0.717) is 12.5 Å². The molecule has 0 radical (unpaired) electrons. The van der Waals surface area contributed by atoms with Crippen molar-refractivity contribution >= 4 is 5.91 Å². The number of ether oxygens (including phenoxy) is 1. The second-order valence-electron chi connectivity index (χ2n) is 6.85. The fraction of sp³-hybridized carbons (Fsp3) is 0.632. The van der Waals surface area contributed by atoms with E-state index in [1.165, 1.54) is 17.5 Å². The molecule has 0 aliphatic carbocycles. The Labute approximate surface area is 139 Å². The zero-order chi connectivity index (χ0) is 16.1. The lowest BCUT2D eigenvalue weighted by Gasteiger charge is -2.33. The van der Waals surface area contributed by atoms with Gasteiger partial charge in [0.1, 0.15) is 0 Å². The molecule has 0 saturated carbocycles. The Morgan fingerprint density at radius 1 is 1.22 bits per heavy atom. The lowest BCUT2D eigenvalue weighted by molar-refractivity contribution is -0.124. The smallest absolute Gasteiger partial charge is 0.237 e. The molecule has 2 aliphatic heterocycles. The molecule has 2 aliphatic rings. The monoisotopic (exact) mass is 316 g/mol. The Kier molecular flexibility index (Phi) is 5.68.